The van der Waals surface area contributed by atoms with Crippen molar-refractivity contribution in [1.82, 2.24) is 0 Å². The van der Waals surface area contributed by atoms with Gasteiger partial charge >= 0.3 is 112 Å². The quantitative estimate of drug-likeness (QED) is 0.341. The minimum absolute atomic E-state index is 0.382. The maximum absolute atomic E-state index is 11.3. The molecule has 0 heterocycles. The van der Waals surface area contributed by atoms with Crippen LogP contribution >= 0.6 is 0 Å². The SMILES string of the molecule is CCCCCCCOC(=O)[O][Sn](=[O])[CH2]CCC. The molecule has 0 N–H and O–H groups in total. The molecule has 0 bridgehead atoms. The van der Waals surface area contributed by atoms with E-state index in [-0.39, 0.29) is 0 Å². The molecule has 4 nitrogen and oxygen atoms in total. The fraction of sp³-hybridized carbons (Fsp3) is 0.917. The van der Waals surface area contributed by atoms with Crippen LogP contribution in [0.5, 0.6) is 0 Å². The van der Waals surface area contributed by atoms with Crippen molar-refractivity contribution in [3.63, 3.8) is 0 Å². The van der Waals surface area contributed by atoms with Gasteiger partial charge in [0.15, 0.2) is 0 Å². The van der Waals surface area contributed by atoms with E-state index in [0.29, 0.717) is 11.0 Å². The van der Waals surface area contributed by atoms with Crippen molar-refractivity contribution in [3.05, 3.63) is 0 Å². The number of hydrogen-bond acceptors (Lipinski definition) is 4. The van der Waals surface area contributed by atoms with E-state index < -0.39 is 26.3 Å². The summed E-state index contributed by atoms with van der Waals surface area (Å²) in [6, 6.07) is 0. The van der Waals surface area contributed by atoms with Crippen molar-refractivity contribution in [2.75, 3.05) is 6.61 Å². The van der Waals surface area contributed by atoms with Gasteiger partial charge < -0.3 is 0 Å². The summed E-state index contributed by atoms with van der Waals surface area (Å²) >= 11 is -3.11. The molecule has 0 saturated carbocycles. The van der Waals surface area contributed by atoms with Gasteiger partial charge in [-0.3, -0.25) is 0 Å². The second-order valence-corrected chi connectivity index (χ2v) is 8.22. The predicted octanol–water partition coefficient (Wildman–Crippen LogP) is 3.83. The third kappa shape index (κ3) is 12.1. The van der Waals surface area contributed by atoms with Crippen LogP contribution in [-0.2, 0) is 10.9 Å². The summed E-state index contributed by atoms with van der Waals surface area (Å²) in [5.41, 5.74) is 0. The van der Waals surface area contributed by atoms with Crippen LogP contribution in [0.4, 0.5) is 4.79 Å². The van der Waals surface area contributed by atoms with Gasteiger partial charge in [0.05, 0.1) is 0 Å². The standard InChI is InChI=1S/C8H16O3.C4H9.O.Sn/c1-2-3-4-5-6-7-11-8(9)10;1-3-4-2;;/h2-7H2,1H3,(H,9,10);1,3-4H2,2H3;;/q;;;+1/p-1. The number of ether oxygens (including phenoxy) is 1. The van der Waals surface area contributed by atoms with E-state index in [1.54, 1.807) is 0 Å². The molecule has 0 aromatic carbocycles. The Morgan fingerprint density at radius 1 is 1.00 bits per heavy atom. The van der Waals surface area contributed by atoms with E-state index in [4.69, 9.17) is 7.81 Å². The van der Waals surface area contributed by atoms with E-state index in [9.17, 15) is 7.87 Å². The van der Waals surface area contributed by atoms with Crippen molar-refractivity contribution < 1.29 is 15.7 Å². The molecule has 0 spiro atoms. The first-order valence-corrected chi connectivity index (χ1v) is 10.9. The molecule has 100 valence electrons. The first-order valence-electron chi connectivity index (χ1n) is 6.58. The first kappa shape index (κ1) is 16.9. The normalized spacial score (nSPS) is 10.0. The van der Waals surface area contributed by atoms with E-state index in [2.05, 4.69) is 6.92 Å². The van der Waals surface area contributed by atoms with Gasteiger partial charge in [-0.2, -0.15) is 0 Å². The summed E-state index contributed by atoms with van der Waals surface area (Å²) in [6.45, 7) is 4.56. The molecule has 0 fully saturated rings. The molecule has 0 aliphatic rings. The van der Waals surface area contributed by atoms with Crippen molar-refractivity contribution in [3.8, 4) is 0 Å². The van der Waals surface area contributed by atoms with Gasteiger partial charge in [0, 0.05) is 0 Å². The molecule has 0 aliphatic carbocycles. The van der Waals surface area contributed by atoms with Crippen LogP contribution in [0, 0.1) is 0 Å². The molecule has 0 aromatic rings. The summed E-state index contributed by atoms with van der Waals surface area (Å²) in [7, 11) is 0. The van der Waals surface area contributed by atoms with Crippen LogP contribution < -0.4 is 0 Å². The molecule has 0 atom stereocenters. The number of rotatable bonds is 10. The van der Waals surface area contributed by atoms with Crippen LogP contribution in [0.1, 0.15) is 58.8 Å². The zero-order valence-corrected chi connectivity index (χ0v) is 13.9. The number of hydrogen-bond donors (Lipinski definition) is 0. The fourth-order valence-corrected chi connectivity index (χ4v) is 4.18. The molecule has 0 aliphatic heterocycles. The monoisotopic (exact) mass is 352 g/mol. The van der Waals surface area contributed by atoms with Crippen molar-refractivity contribution in [2.45, 2.75) is 63.2 Å². The van der Waals surface area contributed by atoms with Crippen LogP contribution in [0.15, 0.2) is 0 Å². The van der Waals surface area contributed by atoms with Crippen LogP contribution in [-0.4, -0.2) is 32.9 Å². The van der Waals surface area contributed by atoms with Gasteiger partial charge in [-0.15, -0.1) is 0 Å². The van der Waals surface area contributed by atoms with Gasteiger partial charge in [-0.1, -0.05) is 0 Å². The number of carbonyl (C=O) groups is 1. The van der Waals surface area contributed by atoms with Crippen LogP contribution in [0.2, 0.25) is 4.44 Å². The van der Waals surface area contributed by atoms with Crippen molar-refractivity contribution >= 4 is 26.3 Å². The average molecular weight is 351 g/mol. The Balaban J connectivity index is 3.36. The average Bonchev–Trinajstić information content (AvgIpc) is 2.31. The Bertz CT molecular complexity index is 219. The summed E-state index contributed by atoms with van der Waals surface area (Å²) in [4.78, 5) is 11.1. The molecule has 5 heteroatoms. The molecule has 0 saturated heterocycles. The molecule has 0 aromatic heterocycles. The second kappa shape index (κ2) is 12.3. The fourth-order valence-electron chi connectivity index (χ4n) is 1.36. The van der Waals surface area contributed by atoms with Crippen molar-refractivity contribution in [1.29, 1.82) is 0 Å². The molecule has 0 amide bonds. The summed E-state index contributed by atoms with van der Waals surface area (Å²) in [6.07, 6.45) is 6.63. The second-order valence-electron chi connectivity index (χ2n) is 4.09. The van der Waals surface area contributed by atoms with Gasteiger partial charge in [-0.25, -0.2) is 0 Å². The predicted molar refractivity (Wildman–Crippen MR) is 67.3 cm³/mol. The Hall–Kier alpha value is -0.131. The maximum atomic E-state index is 11.3. The van der Waals surface area contributed by atoms with Crippen molar-refractivity contribution in [2.24, 2.45) is 0 Å². The zero-order chi connectivity index (χ0) is 12.9. The molecule has 0 unspecified atom stereocenters. The topological polar surface area (TPSA) is 52.6 Å². The Labute approximate surface area is 112 Å². The van der Waals surface area contributed by atoms with Gasteiger partial charge in [0.25, 0.3) is 0 Å². The van der Waals surface area contributed by atoms with Crippen LogP contribution in [0.25, 0.3) is 0 Å². The van der Waals surface area contributed by atoms with E-state index in [0.717, 1.165) is 25.7 Å². The Morgan fingerprint density at radius 3 is 2.29 bits per heavy atom. The molecule has 0 rings (SSSR count). The molecule has 17 heavy (non-hydrogen) atoms. The number of unbranched alkanes of at least 4 members (excludes halogenated alkanes) is 5. The van der Waals surface area contributed by atoms with E-state index in [1.165, 1.54) is 19.3 Å². The third-order valence-electron chi connectivity index (χ3n) is 2.40. The zero-order valence-electron chi connectivity index (χ0n) is 11.0. The summed E-state index contributed by atoms with van der Waals surface area (Å²) in [5, 5.41) is 0. The first-order chi connectivity index (χ1) is 8.20. The van der Waals surface area contributed by atoms with E-state index >= 15 is 0 Å². The third-order valence-corrected chi connectivity index (χ3v) is 5.70. The Kier molecular flexibility index (Phi) is 12.2. The summed E-state index contributed by atoms with van der Waals surface area (Å²) < 4.78 is 21.5. The molecule has 0 radical (unpaired) electrons. The van der Waals surface area contributed by atoms with Gasteiger partial charge in [-0.05, 0) is 0 Å². The van der Waals surface area contributed by atoms with Crippen LogP contribution in [0.3, 0.4) is 0 Å². The Morgan fingerprint density at radius 2 is 1.65 bits per heavy atom. The summed E-state index contributed by atoms with van der Waals surface area (Å²) in [5.74, 6) is 0. The molecular formula is C12H24O4Sn. The number of carbonyl (C=O) groups excluding carboxylic acids is 1. The van der Waals surface area contributed by atoms with E-state index in [1.807, 2.05) is 6.92 Å². The van der Waals surface area contributed by atoms with Gasteiger partial charge in [0.1, 0.15) is 0 Å². The molecular weight excluding hydrogens is 327 g/mol. The minimum atomic E-state index is -3.11. The van der Waals surface area contributed by atoms with Gasteiger partial charge in [0.2, 0.25) is 0 Å².